The molecule has 2 aliphatic rings. The second-order valence-corrected chi connectivity index (χ2v) is 11.5. The van der Waals surface area contributed by atoms with E-state index in [9.17, 15) is 9.59 Å². The Morgan fingerprint density at radius 1 is 1.16 bits per heavy atom. The Morgan fingerprint density at radius 2 is 1.89 bits per heavy atom. The van der Waals surface area contributed by atoms with Crippen LogP contribution < -0.4 is 15.3 Å². The van der Waals surface area contributed by atoms with Gasteiger partial charge >= 0.3 is 11.8 Å². The van der Waals surface area contributed by atoms with Crippen molar-refractivity contribution in [3.63, 3.8) is 0 Å². The van der Waals surface area contributed by atoms with Crippen molar-refractivity contribution in [2.24, 2.45) is 0 Å². The lowest BCUT2D eigenvalue weighted by atomic mass is 10.0. The molecular formula is C28H36N6O4. The van der Waals surface area contributed by atoms with E-state index in [0.717, 1.165) is 22.5 Å². The maximum absolute atomic E-state index is 13.8. The second kappa shape index (κ2) is 9.25. The maximum Gasteiger partial charge on any atom is 0.410 e. The van der Waals surface area contributed by atoms with Crippen LogP contribution in [0.2, 0.25) is 0 Å². The van der Waals surface area contributed by atoms with E-state index in [1.165, 1.54) is 0 Å². The first-order valence-electron chi connectivity index (χ1n) is 13.1. The smallest absolute Gasteiger partial charge is 0.410 e. The molecule has 0 radical (unpaired) electrons. The van der Waals surface area contributed by atoms with Crippen LogP contribution in [0.3, 0.4) is 0 Å². The molecule has 5 heterocycles. The highest BCUT2D eigenvalue weighted by Crippen LogP contribution is 2.40. The molecule has 0 saturated carbocycles. The summed E-state index contributed by atoms with van der Waals surface area (Å²) >= 11 is 0. The number of nitrogens with zero attached hydrogens (tertiary/aromatic N) is 6. The SMILES string of the molecule is Cc1ccnc(C(C)C)c1-n1c(=O)nc2c3c(c(C)c(C)nc31)OC[C@H]1CN(C(=O)OC(C)(C)C)CCN21. The molecule has 0 bridgehead atoms. The van der Waals surface area contributed by atoms with Gasteiger partial charge in [-0.15, -0.1) is 0 Å². The van der Waals surface area contributed by atoms with Gasteiger partial charge in [-0.3, -0.25) is 4.98 Å². The quantitative estimate of drug-likeness (QED) is 0.499. The van der Waals surface area contributed by atoms with Crippen molar-refractivity contribution in [1.82, 2.24) is 24.4 Å². The predicted octanol–water partition coefficient (Wildman–Crippen LogP) is 4.04. The third-order valence-electron chi connectivity index (χ3n) is 7.19. The molecule has 2 aliphatic heterocycles. The summed E-state index contributed by atoms with van der Waals surface area (Å²) in [6.45, 7) is 17.2. The summed E-state index contributed by atoms with van der Waals surface area (Å²) in [4.78, 5) is 44.6. The molecule has 38 heavy (non-hydrogen) atoms. The molecule has 10 heteroatoms. The second-order valence-electron chi connectivity index (χ2n) is 11.5. The van der Waals surface area contributed by atoms with Crippen LogP contribution in [-0.2, 0) is 4.74 Å². The number of piperazine rings is 1. The summed E-state index contributed by atoms with van der Waals surface area (Å²) in [7, 11) is 0. The molecule has 10 nitrogen and oxygen atoms in total. The standard InChI is InChI=1S/C28H36N6O4/c1-15(2)21-22(16(3)9-10-29-21)34-25-20-23(17(4)18(5)30-25)37-14-19-13-32(27(36)38-28(6,7)8)11-12-33(19)24(20)31-26(34)35/h9-10,15,19H,11-14H2,1-8H3/t19-/m1/s1. The molecule has 1 atom stereocenters. The molecule has 1 amide bonds. The van der Waals surface area contributed by atoms with Gasteiger partial charge in [0.1, 0.15) is 29.2 Å². The van der Waals surface area contributed by atoms with Crippen molar-refractivity contribution < 1.29 is 14.3 Å². The minimum absolute atomic E-state index is 0.0924. The van der Waals surface area contributed by atoms with Crippen LogP contribution in [0.1, 0.15) is 63.1 Å². The lowest BCUT2D eigenvalue weighted by Crippen LogP contribution is -2.57. The lowest BCUT2D eigenvalue weighted by Gasteiger charge is -2.41. The molecule has 3 aromatic rings. The number of carbonyl (C=O) groups excluding carboxylic acids is 1. The van der Waals surface area contributed by atoms with E-state index < -0.39 is 11.3 Å². The lowest BCUT2D eigenvalue weighted by molar-refractivity contribution is 0.0202. The largest absolute Gasteiger partial charge is 0.490 e. The van der Waals surface area contributed by atoms with E-state index in [-0.39, 0.29) is 18.1 Å². The zero-order valence-corrected chi connectivity index (χ0v) is 23.5. The Morgan fingerprint density at radius 3 is 2.58 bits per heavy atom. The Hall–Kier alpha value is -3.69. The number of hydrogen-bond donors (Lipinski definition) is 0. The fourth-order valence-electron chi connectivity index (χ4n) is 5.23. The molecular weight excluding hydrogens is 484 g/mol. The van der Waals surface area contributed by atoms with Crippen molar-refractivity contribution in [2.45, 2.75) is 73.0 Å². The third kappa shape index (κ3) is 4.35. The van der Waals surface area contributed by atoms with E-state index in [4.69, 9.17) is 14.5 Å². The van der Waals surface area contributed by atoms with Gasteiger partial charge in [-0.05, 0) is 59.1 Å². The van der Waals surface area contributed by atoms with E-state index in [1.54, 1.807) is 15.7 Å². The summed E-state index contributed by atoms with van der Waals surface area (Å²) < 4.78 is 13.6. The van der Waals surface area contributed by atoms with Crippen LogP contribution in [0.5, 0.6) is 5.75 Å². The number of anilines is 1. The Balaban J connectivity index is 1.69. The third-order valence-corrected chi connectivity index (χ3v) is 7.19. The average molecular weight is 521 g/mol. The molecule has 0 N–H and O–H groups in total. The molecule has 3 aromatic heterocycles. The summed E-state index contributed by atoms with van der Waals surface area (Å²) in [5.41, 5.74) is 3.63. The number of fused-ring (bicyclic) bond motifs is 2. The Bertz CT molecular complexity index is 1490. The zero-order chi connectivity index (χ0) is 27.5. The number of amides is 1. The van der Waals surface area contributed by atoms with Crippen molar-refractivity contribution >= 4 is 22.9 Å². The van der Waals surface area contributed by atoms with Crippen LogP contribution in [0.25, 0.3) is 16.7 Å². The molecule has 1 fully saturated rings. The van der Waals surface area contributed by atoms with Crippen LogP contribution in [0, 0.1) is 20.8 Å². The number of ether oxygens (including phenoxy) is 2. The zero-order valence-electron chi connectivity index (χ0n) is 23.5. The van der Waals surface area contributed by atoms with E-state index in [1.807, 2.05) is 47.6 Å². The topological polar surface area (TPSA) is 103 Å². The van der Waals surface area contributed by atoms with Gasteiger partial charge in [0.2, 0.25) is 0 Å². The normalized spacial score (nSPS) is 17.3. The van der Waals surface area contributed by atoms with Crippen molar-refractivity contribution in [3.05, 3.63) is 45.3 Å². The molecule has 1 saturated heterocycles. The summed E-state index contributed by atoms with van der Waals surface area (Å²) in [5, 5.41) is 0.707. The number of pyridine rings is 2. The summed E-state index contributed by atoms with van der Waals surface area (Å²) in [5.74, 6) is 1.32. The minimum Gasteiger partial charge on any atom is -0.490 e. The number of aryl methyl sites for hydroxylation is 2. The highest BCUT2D eigenvalue weighted by atomic mass is 16.6. The molecule has 0 spiro atoms. The fourth-order valence-corrected chi connectivity index (χ4v) is 5.23. The van der Waals surface area contributed by atoms with E-state index in [2.05, 4.69) is 28.7 Å². The van der Waals surface area contributed by atoms with Gasteiger partial charge < -0.3 is 19.3 Å². The number of carbonyl (C=O) groups is 1. The van der Waals surface area contributed by atoms with Crippen molar-refractivity contribution in [3.8, 4) is 11.4 Å². The van der Waals surface area contributed by atoms with E-state index in [0.29, 0.717) is 54.5 Å². The van der Waals surface area contributed by atoms with Crippen molar-refractivity contribution in [2.75, 3.05) is 31.1 Å². The van der Waals surface area contributed by atoms with E-state index >= 15 is 0 Å². The van der Waals surface area contributed by atoms with Crippen LogP contribution in [-0.4, -0.2) is 68.4 Å². The summed E-state index contributed by atoms with van der Waals surface area (Å²) in [6, 6.07) is 1.70. The molecule has 0 unspecified atom stereocenters. The minimum atomic E-state index is -0.581. The van der Waals surface area contributed by atoms with Gasteiger partial charge in [-0.1, -0.05) is 13.8 Å². The molecule has 0 aliphatic carbocycles. The van der Waals surface area contributed by atoms with Crippen molar-refractivity contribution in [1.29, 1.82) is 0 Å². The first-order valence-corrected chi connectivity index (χ1v) is 13.1. The first kappa shape index (κ1) is 25.9. The first-order chi connectivity index (χ1) is 17.9. The number of aromatic nitrogens is 4. The van der Waals surface area contributed by atoms with Gasteiger partial charge in [0.25, 0.3) is 0 Å². The highest BCUT2D eigenvalue weighted by molar-refractivity contribution is 5.96. The predicted molar refractivity (Wildman–Crippen MR) is 146 cm³/mol. The van der Waals surface area contributed by atoms with Gasteiger partial charge in [-0.25, -0.2) is 19.1 Å². The van der Waals surface area contributed by atoms with Crippen LogP contribution in [0.15, 0.2) is 17.1 Å². The molecule has 0 aromatic carbocycles. The monoisotopic (exact) mass is 520 g/mol. The van der Waals surface area contributed by atoms with Gasteiger partial charge in [0.15, 0.2) is 5.65 Å². The fraction of sp³-hybridized carbons (Fsp3) is 0.536. The van der Waals surface area contributed by atoms with Gasteiger partial charge in [0, 0.05) is 37.1 Å². The van der Waals surface area contributed by atoms with Gasteiger partial charge in [-0.2, -0.15) is 4.98 Å². The molecule has 5 rings (SSSR count). The maximum atomic E-state index is 13.8. The van der Waals surface area contributed by atoms with Gasteiger partial charge in [0.05, 0.1) is 17.4 Å². The number of hydrogen-bond acceptors (Lipinski definition) is 8. The van der Waals surface area contributed by atoms with Crippen LogP contribution >= 0.6 is 0 Å². The highest BCUT2D eigenvalue weighted by Gasteiger charge is 2.38. The Labute approximate surface area is 222 Å². The average Bonchev–Trinajstić information content (AvgIpc) is 2.99. The number of rotatable bonds is 2. The Kier molecular flexibility index (Phi) is 6.31. The molecule has 202 valence electrons. The van der Waals surface area contributed by atoms with Crippen LogP contribution in [0.4, 0.5) is 10.6 Å². The summed E-state index contributed by atoms with van der Waals surface area (Å²) in [6.07, 6.45) is 1.41.